The van der Waals surface area contributed by atoms with Crippen molar-refractivity contribution in [2.75, 3.05) is 32.1 Å². The summed E-state index contributed by atoms with van der Waals surface area (Å²) >= 11 is 6.18. The van der Waals surface area contributed by atoms with Crippen LogP contribution in [0.3, 0.4) is 0 Å². The highest BCUT2D eigenvalue weighted by Gasteiger charge is 2.18. The molecule has 0 spiro atoms. The molecule has 1 aromatic heterocycles. The number of nitriles is 1. The molecule has 1 aromatic carbocycles. The third-order valence-electron chi connectivity index (χ3n) is 3.41. The van der Waals surface area contributed by atoms with Gasteiger partial charge in [0.25, 0.3) is 0 Å². The Kier molecular flexibility index (Phi) is 8.39. The quantitative estimate of drug-likeness (QED) is 0.833. The minimum absolute atomic E-state index is 0.288. The maximum Gasteiger partial charge on any atom is 0.149 e. The van der Waals surface area contributed by atoms with Gasteiger partial charge in [-0.15, -0.1) is 0 Å². The molecule has 0 aliphatic heterocycles. The van der Waals surface area contributed by atoms with Crippen LogP contribution in [0.2, 0.25) is 5.15 Å². The van der Waals surface area contributed by atoms with Crippen molar-refractivity contribution in [2.45, 2.75) is 26.7 Å². The lowest BCUT2D eigenvalue weighted by Gasteiger charge is -2.25. The first-order valence-corrected chi connectivity index (χ1v) is 8.34. The van der Waals surface area contributed by atoms with Crippen LogP contribution >= 0.6 is 11.6 Å². The second-order valence-corrected chi connectivity index (χ2v) is 5.55. The summed E-state index contributed by atoms with van der Waals surface area (Å²) in [6.07, 6.45) is 2.21. The lowest BCUT2D eigenvalue weighted by atomic mass is 10.1. The molecule has 2 aromatic rings. The van der Waals surface area contributed by atoms with Crippen LogP contribution in [-0.4, -0.2) is 32.2 Å². The van der Waals surface area contributed by atoms with E-state index in [1.807, 2.05) is 38.4 Å². The van der Waals surface area contributed by atoms with E-state index >= 15 is 0 Å². The third-order valence-corrected chi connectivity index (χ3v) is 3.69. The molecular weight excluding hydrogens is 308 g/mol. The van der Waals surface area contributed by atoms with E-state index in [2.05, 4.69) is 35.1 Å². The standard InChI is InChI=1S/C16H18ClN3.C2H7N/c1-3-5-10-20(4-2)15-12-8-6-7-9-14(12)19-16(17)13(15)11-18;1-3-2/h6-9H,3-5,10H2,1-2H3;3H,1-2H3. The zero-order valence-corrected chi connectivity index (χ0v) is 15.1. The number of para-hydroxylation sites is 1. The average Bonchev–Trinajstić information content (AvgIpc) is 2.56. The highest BCUT2D eigenvalue weighted by molar-refractivity contribution is 6.31. The number of hydrogen-bond donors (Lipinski definition) is 1. The molecule has 4 nitrogen and oxygen atoms in total. The molecule has 23 heavy (non-hydrogen) atoms. The zero-order chi connectivity index (χ0) is 17.2. The van der Waals surface area contributed by atoms with Crippen molar-refractivity contribution >= 4 is 28.2 Å². The number of halogens is 1. The summed E-state index contributed by atoms with van der Waals surface area (Å²) in [6.45, 7) is 6.03. The largest absolute Gasteiger partial charge is 0.370 e. The van der Waals surface area contributed by atoms with Crippen LogP contribution in [0.1, 0.15) is 32.3 Å². The van der Waals surface area contributed by atoms with Gasteiger partial charge in [-0.3, -0.25) is 0 Å². The van der Waals surface area contributed by atoms with Gasteiger partial charge in [-0.05, 0) is 33.5 Å². The second-order valence-electron chi connectivity index (χ2n) is 5.19. The predicted octanol–water partition coefficient (Wildman–Crippen LogP) is 4.22. The van der Waals surface area contributed by atoms with Crippen molar-refractivity contribution in [1.29, 1.82) is 5.26 Å². The first-order chi connectivity index (χ1) is 11.1. The van der Waals surface area contributed by atoms with Crippen LogP contribution < -0.4 is 10.2 Å². The van der Waals surface area contributed by atoms with Crippen LogP contribution in [0, 0.1) is 11.3 Å². The summed E-state index contributed by atoms with van der Waals surface area (Å²) in [7, 11) is 3.75. The minimum atomic E-state index is 0.288. The number of unbranched alkanes of at least 4 members (excludes halogenated alkanes) is 1. The number of anilines is 1. The Bertz CT molecular complexity index is 664. The fourth-order valence-corrected chi connectivity index (χ4v) is 2.59. The summed E-state index contributed by atoms with van der Waals surface area (Å²) in [5.41, 5.74) is 2.23. The van der Waals surface area contributed by atoms with Gasteiger partial charge in [-0.25, -0.2) is 4.98 Å². The summed E-state index contributed by atoms with van der Waals surface area (Å²) in [4.78, 5) is 6.54. The molecule has 0 aliphatic rings. The number of hydrogen-bond acceptors (Lipinski definition) is 4. The van der Waals surface area contributed by atoms with Crippen molar-refractivity contribution in [3.63, 3.8) is 0 Å². The molecule has 0 atom stereocenters. The van der Waals surface area contributed by atoms with Crippen molar-refractivity contribution < 1.29 is 0 Å². The Balaban J connectivity index is 0.000000816. The molecule has 0 radical (unpaired) electrons. The van der Waals surface area contributed by atoms with E-state index in [-0.39, 0.29) is 5.15 Å². The molecule has 1 heterocycles. The number of rotatable bonds is 5. The number of pyridine rings is 1. The van der Waals surface area contributed by atoms with Crippen molar-refractivity contribution in [1.82, 2.24) is 10.3 Å². The molecule has 0 saturated heterocycles. The molecule has 124 valence electrons. The van der Waals surface area contributed by atoms with Gasteiger partial charge >= 0.3 is 0 Å². The first-order valence-electron chi connectivity index (χ1n) is 7.96. The Morgan fingerprint density at radius 1 is 1.26 bits per heavy atom. The van der Waals surface area contributed by atoms with Gasteiger partial charge in [0.2, 0.25) is 0 Å². The molecule has 5 heteroatoms. The van der Waals surface area contributed by atoms with Gasteiger partial charge in [0.15, 0.2) is 0 Å². The lowest BCUT2D eigenvalue weighted by Crippen LogP contribution is -2.25. The zero-order valence-electron chi connectivity index (χ0n) is 14.4. The minimum Gasteiger partial charge on any atom is -0.370 e. The maximum absolute atomic E-state index is 9.43. The van der Waals surface area contributed by atoms with E-state index in [0.717, 1.165) is 42.5 Å². The normalized spacial score (nSPS) is 9.91. The summed E-state index contributed by atoms with van der Waals surface area (Å²) < 4.78 is 0. The Hall–Kier alpha value is -1.83. The Morgan fingerprint density at radius 3 is 2.48 bits per heavy atom. The summed E-state index contributed by atoms with van der Waals surface area (Å²) in [6, 6.07) is 10.0. The molecule has 2 rings (SSSR count). The van der Waals surface area contributed by atoms with E-state index < -0.39 is 0 Å². The molecule has 0 bridgehead atoms. The average molecular weight is 333 g/mol. The van der Waals surface area contributed by atoms with Gasteiger partial charge in [0.05, 0.1) is 11.2 Å². The van der Waals surface area contributed by atoms with Gasteiger partial charge in [-0.2, -0.15) is 5.26 Å². The Labute approximate surface area is 144 Å². The van der Waals surface area contributed by atoms with Gasteiger partial charge in [0.1, 0.15) is 16.8 Å². The molecule has 0 aliphatic carbocycles. The number of fused-ring (bicyclic) bond motifs is 1. The highest BCUT2D eigenvalue weighted by atomic mass is 35.5. The first kappa shape index (κ1) is 19.2. The summed E-state index contributed by atoms with van der Waals surface area (Å²) in [5, 5.41) is 13.5. The SMILES string of the molecule is CCCCN(CC)c1c(C#N)c(Cl)nc2ccccc12.CNC. The van der Waals surface area contributed by atoms with E-state index in [4.69, 9.17) is 11.6 Å². The second kappa shape index (κ2) is 10.0. The molecule has 1 N–H and O–H groups in total. The van der Waals surface area contributed by atoms with Gasteiger partial charge in [0, 0.05) is 18.5 Å². The van der Waals surface area contributed by atoms with Crippen LogP contribution in [0.4, 0.5) is 5.69 Å². The number of nitrogens with one attached hydrogen (secondary N) is 1. The molecule has 0 saturated carbocycles. The monoisotopic (exact) mass is 332 g/mol. The van der Waals surface area contributed by atoms with E-state index in [9.17, 15) is 5.26 Å². The highest BCUT2D eigenvalue weighted by Crippen LogP contribution is 2.33. The van der Waals surface area contributed by atoms with Crippen LogP contribution in [0.5, 0.6) is 0 Å². The smallest absolute Gasteiger partial charge is 0.149 e. The summed E-state index contributed by atoms with van der Waals surface area (Å²) in [5.74, 6) is 0. The lowest BCUT2D eigenvalue weighted by molar-refractivity contribution is 0.733. The molecule has 0 amide bonds. The van der Waals surface area contributed by atoms with Crippen molar-refractivity contribution in [3.05, 3.63) is 35.0 Å². The van der Waals surface area contributed by atoms with Crippen molar-refractivity contribution in [3.8, 4) is 6.07 Å². The number of aromatic nitrogens is 1. The molecule has 0 unspecified atom stereocenters. The topological polar surface area (TPSA) is 52.0 Å². The van der Waals surface area contributed by atoms with Crippen molar-refractivity contribution in [2.24, 2.45) is 0 Å². The predicted molar refractivity (Wildman–Crippen MR) is 99.2 cm³/mol. The van der Waals surface area contributed by atoms with E-state index in [0.29, 0.717) is 5.56 Å². The van der Waals surface area contributed by atoms with E-state index in [1.54, 1.807) is 0 Å². The fourth-order valence-electron chi connectivity index (χ4n) is 2.37. The molecule has 0 fully saturated rings. The fraction of sp³-hybridized carbons (Fsp3) is 0.444. The van der Waals surface area contributed by atoms with Crippen LogP contribution in [0.25, 0.3) is 10.9 Å². The third kappa shape index (κ3) is 4.82. The van der Waals surface area contributed by atoms with Crippen LogP contribution in [0.15, 0.2) is 24.3 Å². The maximum atomic E-state index is 9.43. The Morgan fingerprint density at radius 2 is 1.91 bits per heavy atom. The van der Waals surface area contributed by atoms with Gasteiger partial charge in [-0.1, -0.05) is 43.1 Å². The van der Waals surface area contributed by atoms with E-state index in [1.165, 1.54) is 0 Å². The number of benzene rings is 1. The molecular formula is C18H25ClN4. The van der Waals surface area contributed by atoms with Crippen LogP contribution in [-0.2, 0) is 0 Å². The number of nitrogens with zero attached hydrogens (tertiary/aromatic N) is 3. The van der Waals surface area contributed by atoms with Gasteiger partial charge < -0.3 is 10.2 Å².